The van der Waals surface area contributed by atoms with Crippen LogP contribution in [-0.2, 0) is 25.5 Å². The van der Waals surface area contributed by atoms with E-state index < -0.39 is 40.8 Å². The topological polar surface area (TPSA) is 128 Å². The first-order chi connectivity index (χ1) is 17.1. The van der Waals surface area contributed by atoms with Gasteiger partial charge in [-0.2, -0.15) is 0 Å². The first-order valence-electron chi connectivity index (χ1n) is 11.7. The summed E-state index contributed by atoms with van der Waals surface area (Å²) in [6.45, 7) is 5.07. The summed E-state index contributed by atoms with van der Waals surface area (Å²) in [5, 5.41) is 14.3. The minimum atomic E-state index is -0.992. The van der Waals surface area contributed by atoms with Crippen molar-refractivity contribution in [1.29, 1.82) is 0 Å². The van der Waals surface area contributed by atoms with Crippen LogP contribution >= 0.6 is 0 Å². The molecule has 0 fully saturated rings. The molecule has 0 aliphatic carbocycles. The van der Waals surface area contributed by atoms with Crippen molar-refractivity contribution in [2.45, 2.75) is 51.7 Å². The van der Waals surface area contributed by atoms with E-state index in [0.717, 1.165) is 5.56 Å². The van der Waals surface area contributed by atoms with Gasteiger partial charge in [0.1, 0.15) is 18.7 Å². The Kier molecular flexibility index (Phi) is 8.63. The minimum absolute atomic E-state index is 0.0182. The van der Waals surface area contributed by atoms with E-state index in [1.165, 1.54) is 31.1 Å². The molecule has 0 bridgehead atoms. The lowest BCUT2D eigenvalue weighted by atomic mass is 9.95. The number of nitro groups is 1. The third-order valence-electron chi connectivity index (χ3n) is 6.02. The maximum Gasteiger partial charge on any atom is 0.328 e. The number of esters is 1. The Morgan fingerprint density at radius 1 is 1.17 bits per heavy atom. The van der Waals surface area contributed by atoms with Crippen LogP contribution in [0.3, 0.4) is 0 Å². The van der Waals surface area contributed by atoms with Crippen molar-refractivity contribution < 1.29 is 28.8 Å². The van der Waals surface area contributed by atoms with Crippen LogP contribution in [0.25, 0.3) is 0 Å². The van der Waals surface area contributed by atoms with Crippen LogP contribution in [0, 0.1) is 16.0 Å². The number of nitro benzene ring substituents is 1. The summed E-state index contributed by atoms with van der Waals surface area (Å²) >= 11 is 0. The van der Waals surface area contributed by atoms with Gasteiger partial charge < -0.3 is 19.7 Å². The summed E-state index contributed by atoms with van der Waals surface area (Å²) in [6, 6.07) is 10.9. The summed E-state index contributed by atoms with van der Waals surface area (Å²) in [5.74, 6) is -1.43. The lowest BCUT2D eigenvalue weighted by Gasteiger charge is -2.37. The average Bonchev–Trinajstić information content (AvgIpc) is 3.26. The van der Waals surface area contributed by atoms with Gasteiger partial charge in [-0.05, 0) is 17.9 Å². The molecular formula is C26H31N3O7. The smallest absolute Gasteiger partial charge is 0.328 e. The number of carbonyl (C=O) groups is 3. The van der Waals surface area contributed by atoms with Crippen molar-refractivity contribution in [2.75, 3.05) is 13.7 Å². The molecule has 36 heavy (non-hydrogen) atoms. The monoisotopic (exact) mass is 497 g/mol. The Morgan fingerprint density at radius 2 is 1.86 bits per heavy atom. The Hall–Kier alpha value is -3.95. The van der Waals surface area contributed by atoms with Crippen LogP contribution in [0.15, 0.2) is 48.5 Å². The van der Waals surface area contributed by atoms with Gasteiger partial charge in [0.15, 0.2) is 0 Å². The molecule has 2 aromatic carbocycles. The van der Waals surface area contributed by atoms with Crippen molar-refractivity contribution in [3.05, 3.63) is 69.8 Å². The van der Waals surface area contributed by atoms with E-state index in [4.69, 9.17) is 9.47 Å². The molecule has 10 heteroatoms. The van der Waals surface area contributed by atoms with Crippen LogP contribution in [0.5, 0.6) is 5.75 Å². The van der Waals surface area contributed by atoms with Gasteiger partial charge in [0.2, 0.25) is 17.6 Å². The van der Waals surface area contributed by atoms with Crippen molar-refractivity contribution in [3.8, 4) is 5.75 Å². The van der Waals surface area contributed by atoms with Crippen LogP contribution in [-0.4, -0.2) is 53.4 Å². The van der Waals surface area contributed by atoms with Gasteiger partial charge in [-0.25, -0.2) is 4.79 Å². The van der Waals surface area contributed by atoms with Gasteiger partial charge in [-0.1, -0.05) is 56.3 Å². The molecule has 0 spiro atoms. The molecule has 1 unspecified atom stereocenters. The highest BCUT2D eigenvalue weighted by Crippen LogP contribution is 2.43. The number of fused-ring (bicyclic) bond motifs is 1. The van der Waals surface area contributed by atoms with E-state index >= 15 is 0 Å². The van der Waals surface area contributed by atoms with Gasteiger partial charge in [0.05, 0.1) is 18.1 Å². The molecule has 1 heterocycles. The standard InChI is InChI=1S/C26H31N3O7/c1-16(2)13-22(26(32)35-4)28(23-15-36-24-19(23)11-8-12-21(24)29(33)34)25(31)20(27-17(3)30)14-18-9-6-5-7-10-18/h5-12,16,20,22-23H,13-15H2,1-4H3,(H,27,30)/t20?,22-,23+/m0/s1. The SMILES string of the molecule is COC(=O)[C@H](CC(C)C)N(C(=O)C(Cc1ccccc1)NC(C)=O)[C@@H]1COc2c1cccc2[N+](=O)[O-]. The Morgan fingerprint density at radius 3 is 2.44 bits per heavy atom. The fourth-order valence-electron chi connectivity index (χ4n) is 4.49. The Balaban J connectivity index is 2.11. The highest BCUT2D eigenvalue weighted by molar-refractivity contribution is 5.91. The number of hydrogen-bond acceptors (Lipinski definition) is 7. The van der Waals surface area contributed by atoms with E-state index in [2.05, 4.69) is 5.32 Å². The molecule has 2 amide bonds. The normalized spacial score (nSPS) is 15.9. The number of methoxy groups -OCH3 is 1. The Labute approximate surface area is 209 Å². The molecule has 1 aliphatic heterocycles. The number of rotatable bonds is 10. The molecular weight excluding hydrogens is 466 g/mol. The lowest BCUT2D eigenvalue weighted by molar-refractivity contribution is -0.385. The fourth-order valence-corrected chi connectivity index (χ4v) is 4.49. The molecule has 2 aromatic rings. The Bertz CT molecular complexity index is 1120. The highest BCUT2D eigenvalue weighted by Gasteiger charge is 2.44. The second kappa shape index (κ2) is 11.7. The lowest BCUT2D eigenvalue weighted by Crippen LogP contribution is -2.56. The van der Waals surface area contributed by atoms with Crippen molar-refractivity contribution in [3.63, 3.8) is 0 Å². The number of para-hydroxylation sites is 1. The molecule has 192 valence electrons. The zero-order valence-corrected chi connectivity index (χ0v) is 20.8. The largest absolute Gasteiger partial charge is 0.484 e. The molecule has 1 N–H and O–H groups in total. The number of carbonyl (C=O) groups excluding carboxylic acids is 3. The summed E-state index contributed by atoms with van der Waals surface area (Å²) in [6.07, 6.45) is 0.484. The maximum absolute atomic E-state index is 14.2. The highest BCUT2D eigenvalue weighted by atomic mass is 16.6. The molecule has 1 aliphatic rings. The quantitative estimate of drug-likeness (QED) is 0.303. The molecule has 0 saturated heterocycles. The van der Waals surface area contributed by atoms with Crippen LogP contribution in [0.1, 0.15) is 44.4 Å². The van der Waals surface area contributed by atoms with Gasteiger partial charge in [0, 0.05) is 25.0 Å². The predicted octanol–water partition coefficient (Wildman–Crippen LogP) is 3.19. The van der Waals surface area contributed by atoms with Gasteiger partial charge >= 0.3 is 11.7 Å². The second-order valence-electron chi connectivity index (χ2n) is 9.14. The second-order valence-corrected chi connectivity index (χ2v) is 9.14. The predicted molar refractivity (Wildman–Crippen MR) is 131 cm³/mol. The summed E-state index contributed by atoms with van der Waals surface area (Å²) in [5.41, 5.74) is 1.03. The van der Waals surface area contributed by atoms with Crippen molar-refractivity contribution in [1.82, 2.24) is 10.2 Å². The minimum Gasteiger partial charge on any atom is -0.484 e. The summed E-state index contributed by atoms with van der Waals surface area (Å²) < 4.78 is 10.8. The van der Waals surface area contributed by atoms with E-state index in [0.29, 0.717) is 5.56 Å². The van der Waals surface area contributed by atoms with E-state index in [9.17, 15) is 24.5 Å². The van der Waals surface area contributed by atoms with E-state index in [1.807, 2.05) is 44.2 Å². The molecule has 3 rings (SSSR count). The molecule has 0 saturated carbocycles. The number of benzene rings is 2. The van der Waals surface area contributed by atoms with Gasteiger partial charge in [-0.3, -0.25) is 19.7 Å². The fraction of sp³-hybridized carbons (Fsp3) is 0.423. The summed E-state index contributed by atoms with van der Waals surface area (Å²) in [7, 11) is 1.25. The number of ether oxygens (including phenoxy) is 2. The molecule has 0 radical (unpaired) electrons. The maximum atomic E-state index is 14.2. The number of nitrogens with zero attached hydrogens (tertiary/aromatic N) is 2. The molecule has 0 aromatic heterocycles. The van der Waals surface area contributed by atoms with Crippen LogP contribution < -0.4 is 10.1 Å². The van der Waals surface area contributed by atoms with Gasteiger partial charge in [-0.15, -0.1) is 0 Å². The first kappa shape index (κ1) is 26.7. The molecule has 3 atom stereocenters. The van der Waals surface area contributed by atoms with Crippen LogP contribution in [0.2, 0.25) is 0 Å². The van der Waals surface area contributed by atoms with E-state index in [1.54, 1.807) is 6.07 Å². The zero-order valence-electron chi connectivity index (χ0n) is 20.8. The summed E-state index contributed by atoms with van der Waals surface area (Å²) in [4.78, 5) is 51.6. The average molecular weight is 498 g/mol. The van der Waals surface area contributed by atoms with Crippen LogP contribution in [0.4, 0.5) is 5.69 Å². The van der Waals surface area contributed by atoms with E-state index in [-0.39, 0.29) is 36.8 Å². The molecule has 10 nitrogen and oxygen atoms in total. The number of nitrogens with one attached hydrogen (secondary N) is 1. The van der Waals surface area contributed by atoms with Crippen molar-refractivity contribution >= 4 is 23.5 Å². The first-order valence-corrected chi connectivity index (χ1v) is 11.7. The van der Waals surface area contributed by atoms with Crippen molar-refractivity contribution in [2.24, 2.45) is 5.92 Å². The zero-order chi connectivity index (χ0) is 26.4. The number of hydrogen-bond donors (Lipinski definition) is 1. The third-order valence-corrected chi connectivity index (χ3v) is 6.02. The number of amides is 2. The van der Waals surface area contributed by atoms with Gasteiger partial charge in [0.25, 0.3) is 0 Å². The third kappa shape index (κ3) is 5.99.